The molecule has 0 aliphatic carbocycles. The van der Waals surface area contributed by atoms with Crippen LogP contribution in [0.3, 0.4) is 0 Å². The molecule has 20 heavy (non-hydrogen) atoms. The summed E-state index contributed by atoms with van der Waals surface area (Å²) in [5.74, 6) is 0. The van der Waals surface area contributed by atoms with E-state index in [4.69, 9.17) is 11.0 Å². The molecule has 0 spiro atoms. The molecule has 1 fully saturated rings. The van der Waals surface area contributed by atoms with Gasteiger partial charge < -0.3 is 5.73 Å². The third-order valence-electron chi connectivity index (χ3n) is 3.66. The van der Waals surface area contributed by atoms with Crippen molar-refractivity contribution in [3.05, 3.63) is 29.8 Å². The maximum Gasteiger partial charge on any atom is 0.243 e. The normalized spacial score (nSPS) is 20.5. The van der Waals surface area contributed by atoms with Gasteiger partial charge in [0.25, 0.3) is 0 Å². The Hall–Kier alpha value is -1.42. The molecule has 6 heteroatoms. The van der Waals surface area contributed by atoms with Crippen LogP contribution in [0.4, 0.5) is 0 Å². The van der Waals surface area contributed by atoms with E-state index in [1.54, 1.807) is 4.31 Å². The number of nitriles is 1. The molecule has 1 aliphatic heterocycles. The Morgan fingerprint density at radius 2 is 2.00 bits per heavy atom. The first-order chi connectivity index (χ1) is 9.59. The fourth-order valence-corrected chi connectivity index (χ4v) is 4.33. The van der Waals surface area contributed by atoms with Crippen LogP contribution in [0.25, 0.3) is 0 Å². The molecule has 0 saturated carbocycles. The first-order valence-corrected chi connectivity index (χ1v) is 8.25. The van der Waals surface area contributed by atoms with Crippen LogP contribution in [0.1, 0.15) is 31.2 Å². The van der Waals surface area contributed by atoms with Gasteiger partial charge in [-0.15, -0.1) is 0 Å². The Labute approximate surface area is 120 Å². The molecule has 0 amide bonds. The Bertz CT molecular complexity index is 588. The van der Waals surface area contributed by atoms with Gasteiger partial charge >= 0.3 is 0 Å². The van der Waals surface area contributed by atoms with E-state index in [9.17, 15) is 8.42 Å². The minimum atomic E-state index is -3.49. The molecule has 0 aromatic heterocycles. The van der Waals surface area contributed by atoms with Crippen LogP contribution in [0.15, 0.2) is 29.2 Å². The molecule has 1 aliphatic rings. The predicted octanol–water partition coefficient (Wildman–Crippen LogP) is 1.45. The quantitative estimate of drug-likeness (QED) is 0.910. The van der Waals surface area contributed by atoms with Crippen LogP contribution in [-0.4, -0.2) is 31.9 Å². The molecular formula is C14H19N3O2S. The van der Waals surface area contributed by atoms with E-state index in [-0.39, 0.29) is 10.9 Å². The van der Waals surface area contributed by atoms with Gasteiger partial charge in [0, 0.05) is 12.6 Å². The van der Waals surface area contributed by atoms with Crippen LogP contribution in [0.5, 0.6) is 0 Å². The third kappa shape index (κ3) is 3.01. The molecule has 1 aromatic carbocycles. The summed E-state index contributed by atoms with van der Waals surface area (Å²) in [4.78, 5) is 0.250. The maximum atomic E-state index is 12.7. The van der Waals surface area contributed by atoms with Crippen LogP contribution in [-0.2, 0) is 10.0 Å². The number of nitrogens with zero attached hydrogens (tertiary/aromatic N) is 2. The van der Waals surface area contributed by atoms with Gasteiger partial charge in [0.2, 0.25) is 10.0 Å². The lowest BCUT2D eigenvalue weighted by atomic mass is 10.0. The fourth-order valence-electron chi connectivity index (χ4n) is 2.61. The van der Waals surface area contributed by atoms with Crippen molar-refractivity contribution in [2.45, 2.75) is 36.6 Å². The second-order valence-corrected chi connectivity index (χ2v) is 6.87. The summed E-state index contributed by atoms with van der Waals surface area (Å²) < 4.78 is 26.9. The lowest BCUT2D eigenvalue weighted by Gasteiger charge is -2.34. The topological polar surface area (TPSA) is 87.2 Å². The predicted molar refractivity (Wildman–Crippen MR) is 76.4 cm³/mol. The summed E-state index contributed by atoms with van der Waals surface area (Å²) in [7, 11) is -3.49. The molecule has 0 bridgehead atoms. The molecule has 5 nitrogen and oxygen atoms in total. The van der Waals surface area contributed by atoms with Crippen molar-refractivity contribution < 1.29 is 8.42 Å². The lowest BCUT2D eigenvalue weighted by Crippen LogP contribution is -2.44. The first-order valence-electron chi connectivity index (χ1n) is 6.81. The van der Waals surface area contributed by atoms with E-state index in [2.05, 4.69) is 0 Å². The molecule has 1 atom stereocenters. The number of hydrogen-bond donors (Lipinski definition) is 1. The minimum absolute atomic E-state index is 0.00519. The molecule has 1 heterocycles. The molecule has 108 valence electrons. The van der Waals surface area contributed by atoms with Crippen molar-refractivity contribution in [2.24, 2.45) is 5.73 Å². The third-order valence-corrected chi connectivity index (χ3v) is 5.63. The standard InChI is InChI=1S/C14H19N3O2S/c15-9-8-13-3-1-2-10-17(13)20(18,19)14-6-4-12(11-16)5-7-14/h4-7,13H,1-3,8-10,15H2. The summed E-state index contributed by atoms with van der Waals surface area (Å²) in [6, 6.07) is 8.06. The molecule has 2 N–H and O–H groups in total. The highest BCUT2D eigenvalue weighted by Crippen LogP contribution is 2.26. The summed E-state index contributed by atoms with van der Waals surface area (Å²) >= 11 is 0. The highest BCUT2D eigenvalue weighted by Gasteiger charge is 2.32. The minimum Gasteiger partial charge on any atom is -0.330 e. The number of sulfonamides is 1. The van der Waals surface area contributed by atoms with Gasteiger partial charge in [0.05, 0.1) is 16.5 Å². The molecule has 1 aromatic rings. The highest BCUT2D eigenvalue weighted by atomic mass is 32.2. The van der Waals surface area contributed by atoms with Crippen LogP contribution in [0, 0.1) is 11.3 Å². The van der Waals surface area contributed by atoms with Crippen LogP contribution in [0.2, 0.25) is 0 Å². The average molecular weight is 293 g/mol. The van der Waals surface area contributed by atoms with Gasteiger partial charge in [0.15, 0.2) is 0 Å². The number of hydrogen-bond acceptors (Lipinski definition) is 4. The number of rotatable bonds is 4. The van der Waals surface area contributed by atoms with Crippen molar-refractivity contribution in [1.29, 1.82) is 5.26 Å². The van der Waals surface area contributed by atoms with Gasteiger partial charge in [-0.2, -0.15) is 9.57 Å². The van der Waals surface area contributed by atoms with E-state index < -0.39 is 10.0 Å². The van der Waals surface area contributed by atoms with Crippen molar-refractivity contribution in [3.63, 3.8) is 0 Å². The molecule has 1 saturated heterocycles. The molecular weight excluding hydrogens is 274 g/mol. The summed E-state index contributed by atoms with van der Waals surface area (Å²) in [6.45, 7) is 1.04. The molecule has 2 rings (SSSR count). The summed E-state index contributed by atoms with van der Waals surface area (Å²) in [5.41, 5.74) is 6.04. The van der Waals surface area contributed by atoms with E-state index in [1.807, 2.05) is 6.07 Å². The van der Waals surface area contributed by atoms with E-state index in [1.165, 1.54) is 24.3 Å². The van der Waals surface area contributed by atoms with E-state index in [0.717, 1.165) is 19.3 Å². The lowest BCUT2D eigenvalue weighted by molar-refractivity contribution is 0.243. The zero-order valence-corrected chi connectivity index (χ0v) is 12.1. The maximum absolute atomic E-state index is 12.7. The van der Waals surface area contributed by atoms with Crippen molar-refractivity contribution in [1.82, 2.24) is 4.31 Å². The zero-order chi connectivity index (χ0) is 14.6. The van der Waals surface area contributed by atoms with Gasteiger partial charge in [0.1, 0.15) is 0 Å². The average Bonchev–Trinajstić information content (AvgIpc) is 2.48. The number of benzene rings is 1. The van der Waals surface area contributed by atoms with Crippen molar-refractivity contribution in [3.8, 4) is 6.07 Å². The van der Waals surface area contributed by atoms with Crippen molar-refractivity contribution in [2.75, 3.05) is 13.1 Å². The largest absolute Gasteiger partial charge is 0.330 e. The molecule has 1 unspecified atom stereocenters. The Morgan fingerprint density at radius 3 is 2.60 bits per heavy atom. The monoisotopic (exact) mass is 293 g/mol. The van der Waals surface area contributed by atoms with Crippen LogP contribution < -0.4 is 5.73 Å². The number of piperidine rings is 1. The van der Waals surface area contributed by atoms with Gasteiger partial charge in [-0.1, -0.05) is 6.42 Å². The second-order valence-electron chi connectivity index (χ2n) is 4.98. The Balaban J connectivity index is 2.29. The fraction of sp³-hybridized carbons (Fsp3) is 0.500. The highest BCUT2D eigenvalue weighted by molar-refractivity contribution is 7.89. The van der Waals surface area contributed by atoms with Gasteiger partial charge in [-0.3, -0.25) is 0 Å². The van der Waals surface area contributed by atoms with E-state index >= 15 is 0 Å². The van der Waals surface area contributed by atoms with Crippen molar-refractivity contribution >= 4 is 10.0 Å². The summed E-state index contributed by atoms with van der Waals surface area (Å²) in [5, 5.41) is 8.77. The van der Waals surface area contributed by atoms with Gasteiger partial charge in [-0.05, 0) is 50.1 Å². The second kappa shape index (κ2) is 6.35. The van der Waals surface area contributed by atoms with E-state index in [0.29, 0.717) is 25.1 Å². The molecule has 0 radical (unpaired) electrons. The van der Waals surface area contributed by atoms with Gasteiger partial charge in [-0.25, -0.2) is 8.42 Å². The number of nitrogens with two attached hydrogens (primary N) is 1. The Kier molecular flexibility index (Phi) is 4.76. The Morgan fingerprint density at radius 1 is 1.30 bits per heavy atom. The smallest absolute Gasteiger partial charge is 0.243 e. The first kappa shape index (κ1) is 15.0. The summed E-state index contributed by atoms with van der Waals surface area (Å²) in [6.07, 6.45) is 3.49. The SMILES string of the molecule is N#Cc1ccc(S(=O)(=O)N2CCCCC2CCN)cc1. The zero-order valence-electron chi connectivity index (χ0n) is 11.3. The van der Waals surface area contributed by atoms with Crippen LogP contribution >= 0.6 is 0 Å².